The average molecular weight is 289 g/mol. The number of rotatable bonds is 2. The molecule has 0 radical (unpaired) electrons. The molecule has 114 valence electrons. The van der Waals surface area contributed by atoms with Crippen molar-refractivity contribution in [3.8, 4) is 0 Å². The fraction of sp³-hybridized carbons (Fsp3) is 0.588. The molecule has 2 unspecified atom stereocenters. The Morgan fingerprint density at radius 3 is 2.57 bits per heavy atom. The van der Waals surface area contributed by atoms with Crippen LogP contribution >= 0.6 is 0 Å². The number of carbonyl (C=O) groups is 1. The monoisotopic (exact) mass is 289 g/mol. The van der Waals surface area contributed by atoms with Crippen LogP contribution in [-0.2, 0) is 9.53 Å². The number of hydrogen-bond donors (Lipinski definition) is 1. The number of benzene rings is 1. The summed E-state index contributed by atoms with van der Waals surface area (Å²) in [5, 5.41) is 10.3. The Kier molecular flexibility index (Phi) is 3.76. The van der Waals surface area contributed by atoms with Gasteiger partial charge in [-0.3, -0.25) is 9.69 Å². The first-order valence-corrected chi connectivity index (χ1v) is 7.57. The second-order valence-corrected chi connectivity index (χ2v) is 6.41. The van der Waals surface area contributed by atoms with E-state index in [0.29, 0.717) is 6.04 Å². The molecule has 0 aromatic heterocycles. The second kappa shape index (κ2) is 5.43. The van der Waals surface area contributed by atoms with Crippen molar-refractivity contribution in [2.24, 2.45) is 5.92 Å². The van der Waals surface area contributed by atoms with E-state index in [9.17, 15) is 9.90 Å². The molecule has 0 saturated carbocycles. The summed E-state index contributed by atoms with van der Waals surface area (Å²) in [7, 11) is 3.44. The predicted molar refractivity (Wildman–Crippen MR) is 80.0 cm³/mol. The minimum Gasteiger partial charge on any atom is -0.469 e. The van der Waals surface area contributed by atoms with Gasteiger partial charge in [0.1, 0.15) is 0 Å². The van der Waals surface area contributed by atoms with Crippen LogP contribution in [0.2, 0.25) is 0 Å². The SMILES string of the molecule is COC(=O)[C@H]1C2[C@@H](O)CC(C[C@H]1c1ccc(C)cc1)N2C. The summed E-state index contributed by atoms with van der Waals surface area (Å²) in [6.07, 6.45) is 1.20. The average Bonchev–Trinajstić information content (AvgIpc) is 2.66. The lowest BCUT2D eigenvalue weighted by atomic mass is 9.76. The Morgan fingerprint density at radius 1 is 1.29 bits per heavy atom. The molecule has 0 spiro atoms. The van der Waals surface area contributed by atoms with Gasteiger partial charge in [0.05, 0.1) is 19.1 Å². The highest BCUT2D eigenvalue weighted by Gasteiger charge is 2.53. The van der Waals surface area contributed by atoms with Crippen LogP contribution in [-0.4, -0.2) is 48.3 Å². The Morgan fingerprint density at radius 2 is 1.95 bits per heavy atom. The molecule has 1 aromatic carbocycles. The molecule has 2 saturated heterocycles. The van der Waals surface area contributed by atoms with E-state index in [0.717, 1.165) is 12.8 Å². The summed E-state index contributed by atoms with van der Waals surface area (Å²) in [4.78, 5) is 14.5. The standard InChI is InChI=1S/C17H23NO3/c1-10-4-6-11(7-5-10)13-8-12-9-14(19)16(18(12)2)15(13)17(20)21-3/h4-7,12-16,19H,8-9H2,1-3H3/t12?,13-,14-,15+,16?/m0/s1. The summed E-state index contributed by atoms with van der Waals surface area (Å²) in [6.45, 7) is 2.06. The molecule has 1 N–H and O–H groups in total. The maximum Gasteiger partial charge on any atom is 0.310 e. The van der Waals surface area contributed by atoms with Crippen LogP contribution in [0.3, 0.4) is 0 Å². The van der Waals surface area contributed by atoms with Gasteiger partial charge >= 0.3 is 5.97 Å². The van der Waals surface area contributed by atoms with Gasteiger partial charge in [-0.2, -0.15) is 0 Å². The van der Waals surface area contributed by atoms with E-state index >= 15 is 0 Å². The van der Waals surface area contributed by atoms with Crippen molar-refractivity contribution in [1.82, 2.24) is 4.90 Å². The Labute approximate surface area is 125 Å². The van der Waals surface area contributed by atoms with Gasteiger partial charge in [0.2, 0.25) is 0 Å². The van der Waals surface area contributed by atoms with Crippen molar-refractivity contribution in [1.29, 1.82) is 0 Å². The van der Waals surface area contributed by atoms with Crippen LogP contribution in [0, 0.1) is 12.8 Å². The Balaban J connectivity index is 1.98. The quantitative estimate of drug-likeness (QED) is 0.842. The maximum absolute atomic E-state index is 12.3. The number of methoxy groups -OCH3 is 1. The molecule has 2 aliphatic rings. The van der Waals surface area contributed by atoms with Crippen LogP contribution in [0.1, 0.15) is 29.9 Å². The lowest BCUT2D eigenvalue weighted by molar-refractivity contribution is -0.151. The molecule has 3 rings (SSSR count). The first kappa shape index (κ1) is 14.5. The van der Waals surface area contributed by atoms with E-state index in [4.69, 9.17) is 4.74 Å². The zero-order valence-electron chi connectivity index (χ0n) is 12.8. The van der Waals surface area contributed by atoms with Crippen molar-refractivity contribution >= 4 is 5.97 Å². The largest absolute Gasteiger partial charge is 0.469 e. The van der Waals surface area contributed by atoms with Crippen LogP contribution < -0.4 is 0 Å². The maximum atomic E-state index is 12.3. The van der Waals surface area contributed by atoms with Crippen molar-refractivity contribution in [2.45, 2.75) is 43.9 Å². The minimum absolute atomic E-state index is 0.126. The molecule has 0 amide bonds. The molecule has 21 heavy (non-hydrogen) atoms. The minimum atomic E-state index is -0.445. The smallest absolute Gasteiger partial charge is 0.310 e. The molecule has 2 heterocycles. The number of nitrogens with zero attached hydrogens (tertiary/aromatic N) is 1. The first-order chi connectivity index (χ1) is 10.0. The van der Waals surface area contributed by atoms with Crippen LogP contribution in [0.5, 0.6) is 0 Å². The predicted octanol–water partition coefficient (Wildman–Crippen LogP) is 1.71. The van der Waals surface area contributed by atoms with E-state index in [2.05, 4.69) is 36.1 Å². The molecule has 2 bridgehead atoms. The van der Waals surface area contributed by atoms with Gasteiger partial charge in [-0.05, 0) is 32.4 Å². The van der Waals surface area contributed by atoms with Crippen molar-refractivity contribution < 1.29 is 14.6 Å². The van der Waals surface area contributed by atoms with Gasteiger partial charge in [-0.15, -0.1) is 0 Å². The lowest BCUT2D eigenvalue weighted by Crippen LogP contribution is -2.51. The molecule has 5 atom stereocenters. The fourth-order valence-corrected chi connectivity index (χ4v) is 4.13. The number of aryl methyl sites for hydroxylation is 1. The van der Waals surface area contributed by atoms with Gasteiger partial charge in [0.25, 0.3) is 0 Å². The van der Waals surface area contributed by atoms with E-state index in [1.165, 1.54) is 18.2 Å². The second-order valence-electron chi connectivity index (χ2n) is 6.41. The number of hydrogen-bond acceptors (Lipinski definition) is 4. The third-order valence-electron chi connectivity index (χ3n) is 5.26. The highest BCUT2D eigenvalue weighted by atomic mass is 16.5. The lowest BCUT2D eigenvalue weighted by Gasteiger charge is -2.42. The van der Waals surface area contributed by atoms with Gasteiger partial charge in [-0.1, -0.05) is 29.8 Å². The number of fused-ring (bicyclic) bond motifs is 2. The van der Waals surface area contributed by atoms with Gasteiger partial charge < -0.3 is 9.84 Å². The topological polar surface area (TPSA) is 49.8 Å². The normalized spacial score (nSPS) is 35.7. The van der Waals surface area contributed by atoms with Gasteiger partial charge in [0.15, 0.2) is 0 Å². The summed E-state index contributed by atoms with van der Waals surface area (Å²) in [5.41, 5.74) is 2.39. The Bertz CT molecular complexity index is 527. The van der Waals surface area contributed by atoms with Gasteiger partial charge in [-0.25, -0.2) is 0 Å². The highest BCUT2D eigenvalue weighted by Crippen LogP contribution is 2.46. The number of piperidine rings is 1. The van der Waals surface area contributed by atoms with Crippen LogP contribution in [0.15, 0.2) is 24.3 Å². The molecule has 1 aromatic rings. The summed E-state index contributed by atoms with van der Waals surface area (Å²) >= 11 is 0. The summed E-state index contributed by atoms with van der Waals surface area (Å²) in [5.74, 6) is -0.380. The molecular weight excluding hydrogens is 266 g/mol. The van der Waals surface area contributed by atoms with Crippen LogP contribution in [0.4, 0.5) is 0 Å². The third kappa shape index (κ3) is 2.36. The zero-order chi connectivity index (χ0) is 15.1. The van der Waals surface area contributed by atoms with Gasteiger partial charge in [0, 0.05) is 18.0 Å². The molecule has 0 aliphatic carbocycles. The van der Waals surface area contributed by atoms with E-state index in [1.807, 2.05) is 7.05 Å². The van der Waals surface area contributed by atoms with E-state index in [-0.39, 0.29) is 23.8 Å². The highest BCUT2D eigenvalue weighted by molar-refractivity contribution is 5.75. The number of esters is 1. The number of ether oxygens (including phenoxy) is 1. The third-order valence-corrected chi connectivity index (χ3v) is 5.26. The first-order valence-electron chi connectivity index (χ1n) is 7.57. The van der Waals surface area contributed by atoms with Crippen molar-refractivity contribution in [2.75, 3.05) is 14.2 Å². The Hall–Kier alpha value is -1.39. The van der Waals surface area contributed by atoms with Crippen LogP contribution in [0.25, 0.3) is 0 Å². The van der Waals surface area contributed by atoms with E-state index in [1.54, 1.807) is 0 Å². The molecule has 4 heteroatoms. The molecule has 2 aliphatic heterocycles. The van der Waals surface area contributed by atoms with Crippen molar-refractivity contribution in [3.05, 3.63) is 35.4 Å². The molecular formula is C17H23NO3. The zero-order valence-corrected chi connectivity index (χ0v) is 12.8. The number of likely N-dealkylation sites (N-methyl/N-ethyl adjacent to an activating group) is 1. The summed E-state index contributed by atoms with van der Waals surface area (Å²) < 4.78 is 5.04. The van der Waals surface area contributed by atoms with Crippen molar-refractivity contribution in [3.63, 3.8) is 0 Å². The fourth-order valence-electron chi connectivity index (χ4n) is 4.13. The number of aliphatic hydroxyl groups excluding tert-OH is 1. The number of aliphatic hydroxyl groups is 1. The molecule has 2 fully saturated rings. The summed E-state index contributed by atoms with van der Waals surface area (Å²) in [6, 6.07) is 8.58. The number of carbonyl (C=O) groups excluding carboxylic acids is 1. The molecule has 4 nitrogen and oxygen atoms in total. The van der Waals surface area contributed by atoms with E-state index < -0.39 is 6.10 Å².